The Hall–Kier alpha value is -2.31. The van der Waals surface area contributed by atoms with E-state index in [-0.39, 0.29) is 10.3 Å². The lowest BCUT2D eigenvalue weighted by Crippen LogP contribution is -2.65. The van der Waals surface area contributed by atoms with E-state index < -0.39 is 10.1 Å². The van der Waals surface area contributed by atoms with Gasteiger partial charge in [0, 0.05) is 18.1 Å². The topological polar surface area (TPSA) is 88.2 Å². The highest BCUT2D eigenvalue weighted by Gasteiger charge is 2.33. The summed E-state index contributed by atoms with van der Waals surface area (Å²) in [5.74, 6) is 0. The summed E-state index contributed by atoms with van der Waals surface area (Å²) in [5.41, 5.74) is 2.72. The number of rotatable bonds is 2. The van der Waals surface area contributed by atoms with Crippen LogP contribution in [-0.2, 0) is 20.3 Å². The van der Waals surface area contributed by atoms with Crippen molar-refractivity contribution in [3.05, 3.63) is 59.7 Å². The Morgan fingerprint density at radius 3 is 2.33 bits per heavy atom. The van der Waals surface area contributed by atoms with Gasteiger partial charge in [-0.3, -0.25) is 0 Å². The molecule has 0 saturated carbocycles. The highest BCUT2D eigenvalue weighted by Crippen LogP contribution is 2.29. The average molecular weight is 345 g/mol. The first kappa shape index (κ1) is 18.0. The number of carbonyl (C=O) groups excluding carboxylic acids is 1. The third-order valence-electron chi connectivity index (χ3n) is 3.90. The Kier molecular flexibility index (Phi) is 5.31. The van der Waals surface area contributed by atoms with Crippen LogP contribution in [0.5, 0.6) is 0 Å². The molecule has 0 aromatic heterocycles. The standard InChI is InChI=1S/C11H11NO.C7H8O3S/c1-11(8-13)6-7-12-10-5-3-2-4-9(10)11;1-6-2-4-7(5-3-6)11(8,9)10/h2-5,7-8H,6H2,1H3;2-5H,1H3,(H,8,9,10). The zero-order valence-electron chi connectivity index (χ0n) is 13.5. The van der Waals surface area contributed by atoms with Crippen molar-refractivity contribution in [1.29, 1.82) is 0 Å². The van der Waals surface area contributed by atoms with Gasteiger partial charge in [-0.15, -0.1) is 0 Å². The molecule has 0 amide bonds. The van der Waals surface area contributed by atoms with Crippen molar-refractivity contribution in [1.82, 2.24) is 0 Å². The molecule has 0 bridgehead atoms. The summed E-state index contributed by atoms with van der Waals surface area (Å²) in [6.07, 6.45) is 3.73. The Labute approximate surface area is 141 Å². The molecule has 24 heavy (non-hydrogen) atoms. The van der Waals surface area contributed by atoms with Gasteiger partial charge in [0.25, 0.3) is 0 Å². The first-order valence-corrected chi connectivity index (χ1v) is 8.84. The molecule has 1 heterocycles. The Bertz CT molecular complexity index is 857. The van der Waals surface area contributed by atoms with Crippen molar-refractivity contribution < 1.29 is 22.8 Å². The molecule has 1 aliphatic heterocycles. The second-order valence-corrected chi connectivity index (χ2v) is 7.28. The monoisotopic (exact) mass is 345 g/mol. The van der Waals surface area contributed by atoms with Crippen LogP contribution < -0.4 is 4.99 Å². The summed E-state index contributed by atoms with van der Waals surface area (Å²) in [4.78, 5) is 14.0. The van der Waals surface area contributed by atoms with E-state index in [0.29, 0.717) is 0 Å². The number of hydrogen-bond donors (Lipinski definition) is 1. The molecule has 1 N–H and O–H groups in total. The maximum Gasteiger partial charge on any atom is 0.207 e. The smallest absolute Gasteiger partial charge is 0.207 e. The van der Waals surface area contributed by atoms with E-state index in [1.165, 1.54) is 12.1 Å². The van der Waals surface area contributed by atoms with Gasteiger partial charge in [-0.2, -0.15) is 0 Å². The number of carbonyl (C=O) groups is 1. The third-order valence-corrected chi connectivity index (χ3v) is 4.75. The number of fused-ring (bicyclic) bond motifs is 1. The Balaban J connectivity index is 0.000000177. The van der Waals surface area contributed by atoms with E-state index in [9.17, 15) is 17.8 Å². The first-order valence-electron chi connectivity index (χ1n) is 7.43. The van der Waals surface area contributed by atoms with Gasteiger partial charge in [-0.05, 0) is 26.0 Å². The van der Waals surface area contributed by atoms with Crippen LogP contribution in [0.25, 0.3) is 0 Å². The summed E-state index contributed by atoms with van der Waals surface area (Å²) in [6, 6.07) is 13.7. The van der Waals surface area contributed by atoms with Crippen LogP contribution in [0.3, 0.4) is 0 Å². The number of nitrogens with one attached hydrogen (secondary N) is 1. The van der Waals surface area contributed by atoms with Crippen LogP contribution in [0, 0.1) is 6.92 Å². The SMILES string of the molecule is CC1(C=O)CC=[NH+]c2ccccc21.Cc1ccc(S(=O)(=O)[O-])cc1. The molecule has 1 unspecified atom stereocenters. The molecule has 126 valence electrons. The lowest BCUT2D eigenvalue weighted by molar-refractivity contribution is -0.353. The van der Waals surface area contributed by atoms with Gasteiger partial charge >= 0.3 is 0 Å². The Morgan fingerprint density at radius 2 is 1.75 bits per heavy atom. The highest BCUT2D eigenvalue weighted by molar-refractivity contribution is 7.85. The second kappa shape index (κ2) is 7.07. The van der Waals surface area contributed by atoms with Gasteiger partial charge in [-0.1, -0.05) is 35.9 Å². The van der Waals surface area contributed by atoms with Gasteiger partial charge in [0.1, 0.15) is 22.6 Å². The van der Waals surface area contributed by atoms with Crippen LogP contribution >= 0.6 is 0 Å². The van der Waals surface area contributed by atoms with E-state index >= 15 is 0 Å². The summed E-state index contributed by atoms with van der Waals surface area (Å²) in [7, 11) is -4.27. The lowest BCUT2D eigenvalue weighted by Gasteiger charge is -2.22. The minimum Gasteiger partial charge on any atom is -0.744 e. The average Bonchev–Trinajstić information content (AvgIpc) is 2.55. The van der Waals surface area contributed by atoms with Crippen LogP contribution in [0.2, 0.25) is 0 Å². The minimum absolute atomic E-state index is 0.178. The molecule has 2 aromatic rings. The summed E-state index contributed by atoms with van der Waals surface area (Å²) >= 11 is 0. The summed E-state index contributed by atoms with van der Waals surface area (Å²) in [6.45, 7) is 3.79. The molecular weight excluding hydrogens is 326 g/mol. The highest BCUT2D eigenvalue weighted by atomic mass is 32.2. The van der Waals surface area contributed by atoms with E-state index in [0.717, 1.165) is 29.5 Å². The van der Waals surface area contributed by atoms with E-state index in [1.807, 2.05) is 44.3 Å². The molecule has 6 heteroatoms. The van der Waals surface area contributed by atoms with Crippen LogP contribution in [0.1, 0.15) is 24.5 Å². The van der Waals surface area contributed by atoms with Crippen molar-refractivity contribution in [2.24, 2.45) is 0 Å². The molecule has 3 rings (SSSR count). The van der Waals surface area contributed by atoms with Gasteiger partial charge < -0.3 is 9.35 Å². The fourth-order valence-corrected chi connectivity index (χ4v) is 2.88. The largest absolute Gasteiger partial charge is 0.744 e. The maximum absolute atomic E-state index is 11.0. The molecule has 0 spiro atoms. The number of aldehydes is 1. The lowest BCUT2D eigenvalue weighted by atomic mass is 9.79. The van der Waals surface area contributed by atoms with Gasteiger partial charge in [0.15, 0.2) is 0 Å². The van der Waals surface area contributed by atoms with E-state index in [4.69, 9.17) is 0 Å². The molecule has 0 fully saturated rings. The predicted octanol–water partition coefficient (Wildman–Crippen LogP) is 1.23. The van der Waals surface area contributed by atoms with E-state index in [2.05, 4.69) is 4.99 Å². The molecule has 0 saturated heterocycles. The molecular formula is C18H19NO4S. The zero-order chi connectivity index (χ0) is 17.8. The van der Waals surface area contributed by atoms with Crippen molar-refractivity contribution in [3.63, 3.8) is 0 Å². The number of aryl methyl sites for hydroxylation is 1. The van der Waals surface area contributed by atoms with Crippen LogP contribution in [-0.4, -0.2) is 25.5 Å². The van der Waals surface area contributed by atoms with Crippen molar-refractivity contribution in [2.75, 3.05) is 0 Å². The van der Waals surface area contributed by atoms with Crippen LogP contribution in [0.4, 0.5) is 5.69 Å². The molecule has 2 aromatic carbocycles. The fourth-order valence-electron chi connectivity index (χ4n) is 2.41. The Morgan fingerprint density at radius 1 is 1.12 bits per heavy atom. The minimum atomic E-state index is -4.27. The number of para-hydroxylation sites is 1. The van der Waals surface area contributed by atoms with Crippen molar-refractivity contribution in [2.45, 2.75) is 30.6 Å². The molecule has 1 atom stereocenters. The van der Waals surface area contributed by atoms with Crippen molar-refractivity contribution >= 4 is 28.3 Å². The second-order valence-electron chi connectivity index (χ2n) is 5.90. The number of benzene rings is 2. The van der Waals surface area contributed by atoms with Gasteiger partial charge in [-0.25, -0.2) is 13.4 Å². The quantitative estimate of drug-likeness (QED) is 0.655. The molecule has 0 radical (unpaired) electrons. The van der Waals surface area contributed by atoms with E-state index in [1.54, 1.807) is 12.1 Å². The number of hydrogen-bond acceptors (Lipinski definition) is 4. The molecule has 5 nitrogen and oxygen atoms in total. The first-order chi connectivity index (χ1) is 11.3. The third kappa shape index (κ3) is 4.15. The van der Waals surface area contributed by atoms with Gasteiger partial charge in [0.05, 0.1) is 10.3 Å². The molecule has 0 aliphatic carbocycles. The normalized spacial score (nSPS) is 19.0. The van der Waals surface area contributed by atoms with Crippen LogP contribution in [0.15, 0.2) is 53.4 Å². The summed E-state index contributed by atoms with van der Waals surface area (Å²) < 4.78 is 31.2. The van der Waals surface area contributed by atoms with Crippen molar-refractivity contribution in [3.8, 4) is 0 Å². The van der Waals surface area contributed by atoms with Gasteiger partial charge in [0.2, 0.25) is 5.69 Å². The fraction of sp³-hybridized carbons (Fsp3) is 0.222. The summed E-state index contributed by atoms with van der Waals surface area (Å²) in [5, 5.41) is 0. The molecule has 1 aliphatic rings. The predicted molar refractivity (Wildman–Crippen MR) is 90.3 cm³/mol. The maximum atomic E-state index is 11.0. The zero-order valence-corrected chi connectivity index (χ0v) is 14.3.